The summed E-state index contributed by atoms with van der Waals surface area (Å²) in [6, 6.07) is 3.33. The van der Waals surface area contributed by atoms with E-state index in [4.69, 9.17) is 0 Å². The van der Waals surface area contributed by atoms with Crippen LogP contribution in [0.3, 0.4) is 0 Å². The summed E-state index contributed by atoms with van der Waals surface area (Å²) >= 11 is 0. The lowest BCUT2D eigenvalue weighted by molar-refractivity contribution is -0.114. The Morgan fingerprint density at radius 3 is 2.59 bits per heavy atom. The van der Waals surface area contributed by atoms with Crippen LogP contribution in [0.2, 0.25) is 0 Å². The first-order valence-electron chi connectivity index (χ1n) is 8.45. The van der Waals surface area contributed by atoms with Gasteiger partial charge in [-0.15, -0.1) is 0 Å². The lowest BCUT2D eigenvalue weighted by atomic mass is 10.1. The fourth-order valence-corrected chi connectivity index (χ4v) is 2.81. The average molecular weight is 374 g/mol. The van der Waals surface area contributed by atoms with E-state index >= 15 is 0 Å². The normalized spacial score (nSPS) is 11.6. The molecule has 0 spiro atoms. The van der Waals surface area contributed by atoms with Gasteiger partial charge in [-0.1, -0.05) is 0 Å². The van der Waals surface area contributed by atoms with Gasteiger partial charge in [0.15, 0.2) is 0 Å². The predicted octanol–water partition coefficient (Wildman–Crippen LogP) is 3.63. The van der Waals surface area contributed by atoms with Crippen molar-refractivity contribution in [1.82, 2.24) is 19.5 Å². The van der Waals surface area contributed by atoms with E-state index in [-0.39, 0.29) is 5.91 Å². The summed E-state index contributed by atoms with van der Waals surface area (Å²) in [6.07, 6.45) is 3.48. The molecule has 3 rings (SSSR count). The molecule has 0 unspecified atom stereocenters. The number of aromatic nitrogens is 4. The molecule has 3 aromatic rings. The molecule has 3 aromatic heterocycles. The zero-order chi connectivity index (χ0) is 19.8. The number of anilines is 2. The van der Waals surface area contributed by atoms with Crippen molar-refractivity contribution < 1.29 is 13.6 Å². The van der Waals surface area contributed by atoms with E-state index in [1.54, 1.807) is 25.4 Å². The van der Waals surface area contributed by atoms with Crippen LogP contribution in [-0.2, 0) is 17.3 Å². The van der Waals surface area contributed by atoms with E-state index in [0.29, 0.717) is 29.4 Å². The molecule has 0 atom stereocenters. The Balaban J connectivity index is 2.25. The molecular weight excluding hydrogens is 354 g/mol. The van der Waals surface area contributed by atoms with Gasteiger partial charge < -0.3 is 15.2 Å². The number of nitrogens with one attached hydrogen (secondary N) is 2. The van der Waals surface area contributed by atoms with Crippen LogP contribution in [0.25, 0.3) is 22.2 Å². The maximum absolute atomic E-state index is 13.8. The van der Waals surface area contributed by atoms with Crippen molar-refractivity contribution in [3.63, 3.8) is 0 Å². The van der Waals surface area contributed by atoms with Crippen molar-refractivity contribution in [2.45, 2.75) is 33.2 Å². The van der Waals surface area contributed by atoms with Gasteiger partial charge in [0.25, 0.3) is 0 Å². The first kappa shape index (κ1) is 18.7. The number of halogens is 2. The van der Waals surface area contributed by atoms with Crippen LogP contribution >= 0.6 is 0 Å². The van der Waals surface area contributed by atoms with Crippen LogP contribution in [0.1, 0.15) is 26.6 Å². The Kier molecular flexibility index (Phi) is 4.77. The second-order valence-electron chi connectivity index (χ2n) is 6.20. The molecule has 7 nitrogen and oxygen atoms in total. The van der Waals surface area contributed by atoms with Gasteiger partial charge in [-0.3, -0.25) is 4.79 Å². The first-order valence-corrected chi connectivity index (χ1v) is 8.45. The molecule has 27 heavy (non-hydrogen) atoms. The van der Waals surface area contributed by atoms with E-state index in [0.717, 1.165) is 17.8 Å². The highest BCUT2D eigenvalue weighted by molar-refractivity contribution is 5.98. The Morgan fingerprint density at radius 1 is 1.26 bits per heavy atom. The maximum Gasteiger partial charge on any atom is 0.303 e. The minimum atomic E-state index is -3.17. The zero-order valence-corrected chi connectivity index (χ0v) is 15.5. The number of hydrogen-bond donors (Lipinski definition) is 2. The smallest absolute Gasteiger partial charge is 0.303 e. The summed E-state index contributed by atoms with van der Waals surface area (Å²) in [4.78, 5) is 23.5. The largest absolute Gasteiger partial charge is 0.373 e. The van der Waals surface area contributed by atoms with E-state index in [1.165, 1.54) is 6.92 Å². The zero-order valence-electron chi connectivity index (χ0n) is 15.5. The monoisotopic (exact) mass is 374 g/mol. The quantitative estimate of drug-likeness (QED) is 0.712. The van der Waals surface area contributed by atoms with Crippen LogP contribution in [0, 0.1) is 0 Å². The number of rotatable bonds is 5. The fourth-order valence-electron chi connectivity index (χ4n) is 2.81. The molecule has 0 fully saturated rings. The number of hydrogen-bond acceptors (Lipinski definition) is 5. The summed E-state index contributed by atoms with van der Waals surface area (Å²) < 4.78 is 29.6. The molecule has 2 N–H and O–H groups in total. The number of pyridine rings is 1. The summed E-state index contributed by atoms with van der Waals surface area (Å²) in [5.74, 6) is -3.30. The van der Waals surface area contributed by atoms with Crippen LogP contribution in [-0.4, -0.2) is 32.5 Å². The van der Waals surface area contributed by atoms with Crippen molar-refractivity contribution in [2.24, 2.45) is 0 Å². The standard InChI is InChI=1S/C18H20F2N6O/c1-5-26-9-12(11-6-16(23-10(2)27)22-8-14(11)26)13-7-15(21-4)25-17(24-13)18(3,19)20/h6-9H,5H2,1-4H3,(H,21,24,25)(H,22,23,27). The third-order valence-electron chi connectivity index (χ3n) is 4.06. The molecule has 3 heterocycles. The molecule has 0 saturated heterocycles. The third kappa shape index (κ3) is 3.71. The Morgan fingerprint density at radius 2 is 2.00 bits per heavy atom. The summed E-state index contributed by atoms with van der Waals surface area (Å²) in [5, 5.41) is 6.18. The van der Waals surface area contributed by atoms with Crippen LogP contribution < -0.4 is 10.6 Å². The van der Waals surface area contributed by atoms with Gasteiger partial charge in [0.1, 0.15) is 11.6 Å². The number of carbonyl (C=O) groups is 1. The number of amides is 1. The molecule has 142 valence electrons. The minimum absolute atomic E-state index is 0.245. The van der Waals surface area contributed by atoms with E-state index in [2.05, 4.69) is 25.6 Å². The highest BCUT2D eigenvalue weighted by atomic mass is 19.3. The molecule has 0 aliphatic rings. The number of carbonyl (C=O) groups excluding carboxylic acids is 1. The van der Waals surface area contributed by atoms with Gasteiger partial charge in [-0.25, -0.2) is 15.0 Å². The van der Waals surface area contributed by atoms with Crippen LogP contribution in [0.4, 0.5) is 20.4 Å². The molecule has 0 aliphatic carbocycles. The van der Waals surface area contributed by atoms with Gasteiger partial charge in [0, 0.05) is 50.7 Å². The number of fused-ring (bicyclic) bond motifs is 1. The molecule has 0 aromatic carbocycles. The van der Waals surface area contributed by atoms with Gasteiger partial charge in [-0.05, 0) is 13.0 Å². The Labute approximate surface area is 154 Å². The minimum Gasteiger partial charge on any atom is -0.373 e. The molecule has 0 saturated carbocycles. The third-order valence-corrected chi connectivity index (χ3v) is 4.06. The average Bonchev–Trinajstić information content (AvgIpc) is 2.98. The number of alkyl halides is 2. The molecule has 9 heteroatoms. The summed E-state index contributed by atoms with van der Waals surface area (Å²) in [7, 11) is 1.61. The molecule has 0 bridgehead atoms. The Hall–Kier alpha value is -3.10. The summed E-state index contributed by atoms with van der Waals surface area (Å²) in [5.41, 5.74) is 1.84. The second-order valence-corrected chi connectivity index (χ2v) is 6.20. The van der Waals surface area contributed by atoms with Crippen molar-refractivity contribution in [3.8, 4) is 11.3 Å². The molecule has 1 amide bonds. The van der Waals surface area contributed by atoms with Gasteiger partial charge in [-0.2, -0.15) is 8.78 Å². The van der Waals surface area contributed by atoms with E-state index in [9.17, 15) is 13.6 Å². The van der Waals surface area contributed by atoms with Crippen molar-refractivity contribution in [2.75, 3.05) is 17.7 Å². The maximum atomic E-state index is 13.8. The molecular formula is C18H20F2N6O. The summed E-state index contributed by atoms with van der Waals surface area (Å²) in [6.45, 7) is 4.79. The highest BCUT2D eigenvalue weighted by Crippen LogP contribution is 2.33. The SMILES string of the molecule is CCn1cc(-c2cc(NC)nc(C(C)(F)F)n2)c2cc(NC(C)=O)ncc21. The van der Waals surface area contributed by atoms with Crippen LogP contribution in [0.5, 0.6) is 0 Å². The second kappa shape index (κ2) is 6.90. The lowest BCUT2D eigenvalue weighted by Gasteiger charge is -2.12. The number of nitrogens with zero attached hydrogens (tertiary/aromatic N) is 4. The van der Waals surface area contributed by atoms with Crippen LogP contribution in [0.15, 0.2) is 24.5 Å². The van der Waals surface area contributed by atoms with Crippen molar-refractivity contribution >= 4 is 28.4 Å². The molecule has 0 aliphatic heterocycles. The highest BCUT2D eigenvalue weighted by Gasteiger charge is 2.29. The number of aryl methyl sites for hydroxylation is 1. The topological polar surface area (TPSA) is 84.7 Å². The van der Waals surface area contributed by atoms with Gasteiger partial charge >= 0.3 is 5.92 Å². The molecule has 0 radical (unpaired) electrons. The fraction of sp³-hybridized carbons (Fsp3) is 0.333. The van der Waals surface area contributed by atoms with Gasteiger partial charge in [0.2, 0.25) is 11.7 Å². The van der Waals surface area contributed by atoms with E-state index in [1.807, 2.05) is 17.7 Å². The van der Waals surface area contributed by atoms with Gasteiger partial charge in [0.05, 0.1) is 17.4 Å². The van der Waals surface area contributed by atoms with E-state index < -0.39 is 11.7 Å². The van der Waals surface area contributed by atoms with Crippen molar-refractivity contribution in [1.29, 1.82) is 0 Å². The first-order chi connectivity index (χ1) is 12.7. The van der Waals surface area contributed by atoms with Crippen molar-refractivity contribution in [3.05, 3.63) is 30.4 Å². The predicted molar refractivity (Wildman–Crippen MR) is 99.9 cm³/mol. The lowest BCUT2D eigenvalue weighted by Crippen LogP contribution is -2.14. The Bertz CT molecular complexity index is 1010.